The zero-order valence-electron chi connectivity index (χ0n) is 8.52. The molecule has 0 radical (unpaired) electrons. The second-order valence-corrected chi connectivity index (χ2v) is 3.33. The van der Waals surface area contributed by atoms with Gasteiger partial charge in [-0.1, -0.05) is 19.2 Å². The average molecular weight is 173 g/mol. The maximum absolute atomic E-state index is 4.43. The summed E-state index contributed by atoms with van der Waals surface area (Å²) in [7, 11) is 0. The second kappa shape index (κ2) is 3.56. The standard InChI is InChI=1S/C12H15N/c1-6-11-9(4)7-10(5)13-12(11)8(2)3/h6-7H,1-2H2,3-5H3. The van der Waals surface area contributed by atoms with E-state index in [1.165, 1.54) is 5.56 Å². The fourth-order valence-corrected chi connectivity index (χ4v) is 1.43. The Morgan fingerprint density at radius 1 is 1.46 bits per heavy atom. The summed E-state index contributed by atoms with van der Waals surface area (Å²) in [6.07, 6.45) is 1.84. The zero-order valence-corrected chi connectivity index (χ0v) is 8.52. The summed E-state index contributed by atoms with van der Waals surface area (Å²) in [5.41, 5.74) is 5.29. The molecule has 1 rings (SSSR count). The van der Waals surface area contributed by atoms with Crippen LogP contribution in [0.5, 0.6) is 0 Å². The van der Waals surface area contributed by atoms with Crippen molar-refractivity contribution in [1.82, 2.24) is 4.98 Å². The predicted octanol–water partition coefficient (Wildman–Crippen LogP) is 3.37. The van der Waals surface area contributed by atoms with Crippen molar-refractivity contribution in [2.75, 3.05) is 0 Å². The van der Waals surface area contributed by atoms with Gasteiger partial charge in [-0.05, 0) is 38.0 Å². The molecule has 1 aromatic heterocycles. The van der Waals surface area contributed by atoms with E-state index in [1.807, 2.05) is 19.9 Å². The number of aryl methyl sites for hydroxylation is 2. The first-order chi connectivity index (χ1) is 6.06. The van der Waals surface area contributed by atoms with E-state index in [2.05, 4.69) is 31.1 Å². The molecule has 0 N–H and O–H groups in total. The van der Waals surface area contributed by atoms with E-state index in [0.717, 1.165) is 22.5 Å². The highest BCUT2D eigenvalue weighted by molar-refractivity contribution is 5.70. The van der Waals surface area contributed by atoms with Crippen molar-refractivity contribution in [3.8, 4) is 0 Å². The van der Waals surface area contributed by atoms with Crippen LogP contribution >= 0.6 is 0 Å². The van der Waals surface area contributed by atoms with Crippen molar-refractivity contribution in [3.05, 3.63) is 41.7 Å². The summed E-state index contributed by atoms with van der Waals surface area (Å²) >= 11 is 0. The lowest BCUT2D eigenvalue weighted by molar-refractivity contribution is 1.14. The molecule has 68 valence electrons. The number of hydrogen-bond acceptors (Lipinski definition) is 1. The van der Waals surface area contributed by atoms with Gasteiger partial charge in [0.05, 0.1) is 5.69 Å². The van der Waals surface area contributed by atoms with Crippen LogP contribution in [0.15, 0.2) is 19.2 Å². The first kappa shape index (κ1) is 9.72. The maximum Gasteiger partial charge on any atom is 0.0730 e. The Labute approximate surface area is 79.8 Å². The highest BCUT2D eigenvalue weighted by Gasteiger charge is 2.05. The maximum atomic E-state index is 4.43. The SMILES string of the molecule is C=Cc1c(C)cc(C)nc1C(=C)C. The average Bonchev–Trinajstić information content (AvgIpc) is 2.02. The van der Waals surface area contributed by atoms with Crippen LogP contribution in [0.4, 0.5) is 0 Å². The van der Waals surface area contributed by atoms with Gasteiger partial charge in [0.15, 0.2) is 0 Å². The third-order valence-corrected chi connectivity index (χ3v) is 2.00. The molecule has 0 fully saturated rings. The van der Waals surface area contributed by atoms with Crippen molar-refractivity contribution < 1.29 is 0 Å². The minimum absolute atomic E-state index is 0.965. The summed E-state index contributed by atoms with van der Waals surface area (Å²) in [4.78, 5) is 4.43. The lowest BCUT2D eigenvalue weighted by atomic mass is 10.0. The van der Waals surface area contributed by atoms with Crippen LogP contribution in [0, 0.1) is 13.8 Å². The summed E-state index contributed by atoms with van der Waals surface area (Å²) in [6.45, 7) is 13.7. The van der Waals surface area contributed by atoms with Gasteiger partial charge in [-0.15, -0.1) is 0 Å². The van der Waals surface area contributed by atoms with E-state index >= 15 is 0 Å². The summed E-state index contributed by atoms with van der Waals surface area (Å²) in [5, 5.41) is 0. The van der Waals surface area contributed by atoms with E-state index < -0.39 is 0 Å². The molecule has 0 saturated carbocycles. The largest absolute Gasteiger partial charge is 0.253 e. The molecule has 0 bridgehead atoms. The lowest BCUT2D eigenvalue weighted by Crippen LogP contribution is -1.96. The zero-order chi connectivity index (χ0) is 10.0. The minimum atomic E-state index is 0.965. The number of aromatic nitrogens is 1. The molecule has 0 amide bonds. The second-order valence-electron chi connectivity index (χ2n) is 3.33. The number of rotatable bonds is 2. The molecule has 1 heteroatoms. The fourth-order valence-electron chi connectivity index (χ4n) is 1.43. The summed E-state index contributed by atoms with van der Waals surface area (Å²) in [5.74, 6) is 0. The first-order valence-electron chi connectivity index (χ1n) is 4.33. The molecule has 1 heterocycles. The van der Waals surface area contributed by atoms with Crippen molar-refractivity contribution in [2.45, 2.75) is 20.8 Å². The minimum Gasteiger partial charge on any atom is -0.253 e. The first-order valence-corrected chi connectivity index (χ1v) is 4.33. The van der Waals surface area contributed by atoms with Gasteiger partial charge < -0.3 is 0 Å². The Hall–Kier alpha value is -1.37. The van der Waals surface area contributed by atoms with E-state index in [4.69, 9.17) is 0 Å². The quantitative estimate of drug-likeness (QED) is 0.668. The van der Waals surface area contributed by atoms with Crippen LogP contribution in [0.2, 0.25) is 0 Å². The molecule has 1 nitrogen and oxygen atoms in total. The van der Waals surface area contributed by atoms with Gasteiger partial charge in [0, 0.05) is 11.3 Å². The van der Waals surface area contributed by atoms with Crippen LogP contribution in [0.1, 0.15) is 29.4 Å². The highest BCUT2D eigenvalue weighted by atomic mass is 14.7. The molecule has 0 aromatic carbocycles. The topological polar surface area (TPSA) is 12.9 Å². The van der Waals surface area contributed by atoms with Crippen LogP contribution in [-0.4, -0.2) is 4.98 Å². The monoisotopic (exact) mass is 173 g/mol. The van der Waals surface area contributed by atoms with Crippen molar-refractivity contribution >= 4 is 11.6 Å². The van der Waals surface area contributed by atoms with Crippen LogP contribution in [0.25, 0.3) is 11.6 Å². The molecule has 0 saturated heterocycles. The third kappa shape index (κ3) is 1.86. The number of allylic oxidation sites excluding steroid dienone is 1. The Kier molecular flexibility index (Phi) is 2.66. The van der Waals surface area contributed by atoms with E-state index in [9.17, 15) is 0 Å². The molecule has 0 spiro atoms. The Morgan fingerprint density at radius 3 is 2.54 bits per heavy atom. The molecule has 0 aliphatic heterocycles. The molecule has 13 heavy (non-hydrogen) atoms. The van der Waals surface area contributed by atoms with Crippen molar-refractivity contribution in [3.63, 3.8) is 0 Å². The normalized spacial score (nSPS) is 9.77. The van der Waals surface area contributed by atoms with Crippen LogP contribution in [-0.2, 0) is 0 Å². The molecular formula is C12H15N. The molecule has 0 unspecified atom stereocenters. The van der Waals surface area contributed by atoms with Gasteiger partial charge in [-0.2, -0.15) is 0 Å². The molecule has 1 aromatic rings. The summed E-state index contributed by atoms with van der Waals surface area (Å²) < 4.78 is 0. The lowest BCUT2D eigenvalue weighted by Gasteiger charge is -2.09. The number of hydrogen-bond donors (Lipinski definition) is 0. The smallest absolute Gasteiger partial charge is 0.0730 e. The van der Waals surface area contributed by atoms with Gasteiger partial charge in [0.2, 0.25) is 0 Å². The third-order valence-electron chi connectivity index (χ3n) is 2.00. The van der Waals surface area contributed by atoms with Crippen LogP contribution in [0.3, 0.4) is 0 Å². The van der Waals surface area contributed by atoms with Crippen LogP contribution < -0.4 is 0 Å². The summed E-state index contributed by atoms with van der Waals surface area (Å²) in [6, 6.07) is 2.06. The van der Waals surface area contributed by atoms with Gasteiger partial charge in [0.25, 0.3) is 0 Å². The van der Waals surface area contributed by atoms with Gasteiger partial charge in [-0.3, -0.25) is 4.98 Å². The molecular weight excluding hydrogens is 158 g/mol. The highest BCUT2D eigenvalue weighted by Crippen LogP contribution is 2.20. The van der Waals surface area contributed by atoms with Gasteiger partial charge >= 0.3 is 0 Å². The Bertz CT molecular complexity index is 362. The van der Waals surface area contributed by atoms with Crippen molar-refractivity contribution in [1.29, 1.82) is 0 Å². The van der Waals surface area contributed by atoms with E-state index in [1.54, 1.807) is 0 Å². The molecule has 0 aliphatic rings. The Morgan fingerprint density at radius 2 is 2.08 bits per heavy atom. The fraction of sp³-hybridized carbons (Fsp3) is 0.250. The molecule has 0 aliphatic carbocycles. The molecule has 0 atom stereocenters. The van der Waals surface area contributed by atoms with E-state index in [0.29, 0.717) is 0 Å². The van der Waals surface area contributed by atoms with Crippen molar-refractivity contribution in [2.24, 2.45) is 0 Å². The van der Waals surface area contributed by atoms with Gasteiger partial charge in [-0.25, -0.2) is 0 Å². The Balaban J connectivity index is 3.46. The predicted molar refractivity (Wildman–Crippen MR) is 58.5 cm³/mol. The number of pyridine rings is 1. The van der Waals surface area contributed by atoms with Gasteiger partial charge in [0.1, 0.15) is 0 Å². The van der Waals surface area contributed by atoms with E-state index in [-0.39, 0.29) is 0 Å². The number of nitrogens with zero attached hydrogens (tertiary/aromatic N) is 1.